The Hall–Kier alpha value is -2.31. The predicted octanol–water partition coefficient (Wildman–Crippen LogP) is 3.01. The lowest BCUT2D eigenvalue weighted by molar-refractivity contribution is 0.0725. The van der Waals surface area contributed by atoms with E-state index in [-0.39, 0.29) is 24.1 Å². The lowest BCUT2D eigenvalue weighted by Crippen LogP contribution is -2.39. The van der Waals surface area contributed by atoms with Gasteiger partial charge in [-0.3, -0.25) is 9.59 Å². The second kappa shape index (κ2) is 7.60. The van der Waals surface area contributed by atoms with Gasteiger partial charge in [-0.05, 0) is 43.5 Å². The van der Waals surface area contributed by atoms with Crippen molar-refractivity contribution in [2.75, 3.05) is 19.8 Å². The van der Waals surface area contributed by atoms with Gasteiger partial charge in [0.2, 0.25) is 0 Å². The van der Waals surface area contributed by atoms with Crippen LogP contribution in [-0.2, 0) is 17.7 Å². The molecule has 3 heterocycles. The zero-order chi connectivity index (χ0) is 19.8. The molecule has 2 aliphatic heterocycles. The molecule has 1 aromatic carbocycles. The van der Waals surface area contributed by atoms with E-state index >= 15 is 0 Å². The third-order valence-corrected chi connectivity index (χ3v) is 5.74. The number of H-pyrrole nitrogens is 1. The van der Waals surface area contributed by atoms with Gasteiger partial charge in [0.25, 0.3) is 11.5 Å². The molecule has 1 saturated heterocycles. The second-order valence-corrected chi connectivity index (χ2v) is 7.81. The minimum absolute atomic E-state index is 0.0425. The molecule has 1 N–H and O–H groups in total. The molecule has 6 nitrogen and oxygen atoms in total. The third-order valence-electron chi connectivity index (χ3n) is 5.37. The van der Waals surface area contributed by atoms with E-state index in [1.54, 1.807) is 4.90 Å². The topological polar surface area (TPSA) is 71.6 Å². The Balaban J connectivity index is 1.61. The van der Waals surface area contributed by atoms with Crippen molar-refractivity contribution < 1.29 is 14.3 Å². The molecule has 0 radical (unpaired) electrons. The van der Waals surface area contributed by atoms with E-state index in [4.69, 9.17) is 21.1 Å². The average Bonchev–Trinajstić information content (AvgIpc) is 3.15. The van der Waals surface area contributed by atoms with Gasteiger partial charge in [-0.1, -0.05) is 17.7 Å². The summed E-state index contributed by atoms with van der Waals surface area (Å²) < 4.78 is 11.3. The van der Waals surface area contributed by atoms with E-state index in [0.29, 0.717) is 48.1 Å². The zero-order valence-corrected chi connectivity index (χ0v) is 16.8. The quantitative estimate of drug-likeness (QED) is 0.853. The molecule has 0 saturated carbocycles. The largest absolute Gasteiger partial charge is 0.486 e. The van der Waals surface area contributed by atoms with Crippen LogP contribution in [0, 0.1) is 13.8 Å². The fourth-order valence-electron chi connectivity index (χ4n) is 3.85. The van der Waals surface area contributed by atoms with Gasteiger partial charge in [0, 0.05) is 24.2 Å². The van der Waals surface area contributed by atoms with Gasteiger partial charge in [-0.2, -0.15) is 0 Å². The van der Waals surface area contributed by atoms with Crippen LogP contribution in [0.25, 0.3) is 0 Å². The number of hydrogen-bond donors (Lipinski definition) is 1. The number of carbonyl (C=O) groups excluding carboxylic acids is 1. The van der Waals surface area contributed by atoms with Gasteiger partial charge in [-0.25, -0.2) is 0 Å². The summed E-state index contributed by atoms with van der Waals surface area (Å²) in [7, 11) is 0. The number of aromatic nitrogens is 1. The minimum Gasteiger partial charge on any atom is -0.486 e. The standard InChI is InChI=1S/C21H23ClN2O4/c1-12-9-13(2)23-20(25)16(12)10-24-7-5-14-3-4-17(19(22)18(14)21(24)26)28-15-6-8-27-11-15/h3-4,9,15H,5-8,10-11H2,1-2H3,(H,23,25)/t15-/m1/s1. The number of nitrogens with one attached hydrogen (secondary N) is 1. The number of pyridine rings is 1. The lowest BCUT2D eigenvalue weighted by Gasteiger charge is -2.30. The maximum absolute atomic E-state index is 13.2. The van der Waals surface area contributed by atoms with E-state index in [2.05, 4.69) is 4.98 Å². The van der Waals surface area contributed by atoms with Gasteiger partial charge in [0.15, 0.2) is 0 Å². The van der Waals surface area contributed by atoms with Crippen LogP contribution in [0.3, 0.4) is 0 Å². The summed E-state index contributed by atoms with van der Waals surface area (Å²) in [5.74, 6) is 0.342. The highest BCUT2D eigenvalue weighted by atomic mass is 35.5. The number of halogens is 1. The van der Waals surface area contributed by atoms with E-state index < -0.39 is 0 Å². The number of fused-ring (bicyclic) bond motifs is 1. The number of aryl methyl sites for hydroxylation is 2. The van der Waals surface area contributed by atoms with Crippen molar-refractivity contribution in [3.63, 3.8) is 0 Å². The third kappa shape index (κ3) is 3.54. The van der Waals surface area contributed by atoms with E-state index in [0.717, 1.165) is 23.2 Å². The first-order chi connectivity index (χ1) is 13.4. The van der Waals surface area contributed by atoms with Crippen molar-refractivity contribution in [3.05, 3.63) is 61.5 Å². The molecule has 1 atom stereocenters. The number of nitrogens with zero attached hydrogens (tertiary/aromatic N) is 1. The predicted molar refractivity (Wildman–Crippen MR) is 106 cm³/mol. The highest BCUT2D eigenvalue weighted by molar-refractivity contribution is 6.35. The Morgan fingerprint density at radius 3 is 2.86 bits per heavy atom. The first-order valence-electron chi connectivity index (χ1n) is 9.48. The number of aromatic amines is 1. The molecule has 1 fully saturated rings. The van der Waals surface area contributed by atoms with Crippen LogP contribution in [0.4, 0.5) is 0 Å². The number of amides is 1. The monoisotopic (exact) mass is 402 g/mol. The number of benzene rings is 1. The summed E-state index contributed by atoms with van der Waals surface area (Å²) in [6, 6.07) is 5.66. The van der Waals surface area contributed by atoms with Crippen LogP contribution in [0.1, 0.15) is 39.2 Å². The van der Waals surface area contributed by atoms with Gasteiger partial charge < -0.3 is 19.4 Å². The molecular formula is C21H23ClN2O4. The fraction of sp³-hybridized carbons (Fsp3) is 0.429. The summed E-state index contributed by atoms with van der Waals surface area (Å²) >= 11 is 6.57. The van der Waals surface area contributed by atoms with Crippen LogP contribution in [0.5, 0.6) is 5.75 Å². The summed E-state index contributed by atoms with van der Waals surface area (Å²) in [6.45, 7) is 5.75. The van der Waals surface area contributed by atoms with Crippen molar-refractivity contribution in [1.29, 1.82) is 0 Å². The Morgan fingerprint density at radius 1 is 1.32 bits per heavy atom. The number of carbonyl (C=O) groups is 1. The molecule has 148 valence electrons. The SMILES string of the molecule is Cc1cc(C)c(CN2CCc3ccc(O[C@@H]4CCOC4)c(Cl)c3C2=O)c(=O)[nH]1. The molecule has 2 aromatic rings. The maximum Gasteiger partial charge on any atom is 0.256 e. The summed E-state index contributed by atoms with van der Waals surface area (Å²) in [4.78, 5) is 30.0. The fourth-order valence-corrected chi connectivity index (χ4v) is 4.16. The van der Waals surface area contributed by atoms with Crippen molar-refractivity contribution in [2.24, 2.45) is 0 Å². The highest BCUT2D eigenvalue weighted by Gasteiger charge is 2.30. The molecule has 1 aromatic heterocycles. The average molecular weight is 403 g/mol. The zero-order valence-electron chi connectivity index (χ0n) is 16.0. The van der Waals surface area contributed by atoms with Crippen LogP contribution >= 0.6 is 11.6 Å². The Kier molecular flexibility index (Phi) is 5.17. The number of rotatable bonds is 4. The molecule has 0 spiro atoms. The lowest BCUT2D eigenvalue weighted by atomic mass is 9.97. The Morgan fingerprint density at radius 2 is 2.14 bits per heavy atom. The summed E-state index contributed by atoms with van der Waals surface area (Å²) in [6.07, 6.45) is 1.46. The van der Waals surface area contributed by atoms with Crippen molar-refractivity contribution in [3.8, 4) is 5.75 Å². The smallest absolute Gasteiger partial charge is 0.256 e. The first kappa shape index (κ1) is 19.0. The van der Waals surface area contributed by atoms with Crippen LogP contribution in [-0.4, -0.2) is 41.7 Å². The number of ether oxygens (including phenoxy) is 2. The molecule has 0 unspecified atom stereocenters. The van der Waals surface area contributed by atoms with Crippen LogP contribution < -0.4 is 10.3 Å². The molecule has 1 amide bonds. The molecule has 4 rings (SSSR count). The molecule has 0 aliphatic carbocycles. The van der Waals surface area contributed by atoms with Crippen LogP contribution in [0.15, 0.2) is 23.0 Å². The maximum atomic E-state index is 13.2. The molecule has 0 bridgehead atoms. The second-order valence-electron chi connectivity index (χ2n) is 7.44. The Labute approximate surface area is 168 Å². The van der Waals surface area contributed by atoms with E-state index in [1.165, 1.54) is 0 Å². The first-order valence-corrected chi connectivity index (χ1v) is 9.86. The van der Waals surface area contributed by atoms with Crippen molar-refractivity contribution in [2.45, 2.75) is 39.3 Å². The van der Waals surface area contributed by atoms with E-state index in [1.807, 2.05) is 32.0 Å². The minimum atomic E-state index is -0.168. The molecule has 2 aliphatic rings. The van der Waals surface area contributed by atoms with Crippen LogP contribution in [0.2, 0.25) is 5.02 Å². The van der Waals surface area contributed by atoms with Crippen molar-refractivity contribution in [1.82, 2.24) is 9.88 Å². The van der Waals surface area contributed by atoms with E-state index in [9.17, 15) is 9.59 Å². The Bertz CT molecular complexity index is 979. The van der Waals surface area contributed by atoms with Crippen molar-refractivity contribution >= 4 is 17.5 Å². The van der Waals surface area contributed by atoms with Gasteiger partial charge >= 0.3 is 0 Å². The van der Waals surface area contributed by atoms with Gasteiger partial charge in [0.05, 0.1) is 30.3 Å². The van der Waals surface area contributed by atoms with Gasteiger partial charge in [0.1, 0.15) is 11.9 Å². The number of hydrogen-bond acceptors (Lipinski definition) is 4. The summed E-state index contributed by atoms with van der Waals surface area (Å²) in [5, 5.41) is 0.341. The van der Waals surface area contributed by atoms with Gasteiger partial charge in [-0.15, -0.1) is 0 Å². The molecular weight excluding hydrogens is 380 g/mol. The molecule has 28 heavy (non-hydrogen) atoms. The molecule has 7 heteroatoms. The summed E-state index contributed by atoms with van der Waals surface area (Å²) in [5.41, 5.74) is 3.53. The highest BCUT2D eigenvalue weighted by Crippen LogP contribution is 2.35. The normalized spacial score (nSPS) is 19.0.